The highest BCUT2D eigenvalue weighted by Gasteiger charge is 2.23. The Morgan fingerprint density at radius 2 is 2.47 bits per heavy atom. The van der Waals surface area contributed by atoms with Crippen LogP contribution >= 0.6 is 0 Å². The molecule has 1 unspecified atom stereocenters. The van der Waals surface area contributed by atoms with Crippen LogP contribution in [0.4, 0.5) is 0 Å². The van der Waals surface area contributed by atoms with Gasteiger partial charge >= 0.3 is 0 Å². The van der Waals surface area contributed by atoms with Crippen molar-refractivity contribution >= 4 is 5.91 Å². The maximum Gasteiger partial charge on any atom is 0.240 e. The Balaban J connectivity index is 1.88. The summed E-state index contributed by atoms with van der Waals surface area (Å²) in [7, 11) is 0. The number of hydrogen-bond donors (Lipinski definition) is 2. The summed E-state index contributed by atoms with van der Waals surface area (Å²) >= 11 is 0. The van der Waals surface area contributed by atoms with E-state index in [1.165, 1.54) is 0 Å². The largest absolute Gasteiger partial charge is 0.352 e. The average Bonchev–Trinajstić information content (AvgIpc) is 2.82. The molecule has 1 aromatic rings. The third-order valence-electron chi connectivity index (χ3n) is 2.57. The molecule has 15 heavy (non-hydrogen) atoms. The van der Waals surface area contributed by atoms with E-state index in [4.69, 9.17) is 5.73 Å². The van der Waals surface area contributed by atoms with Crippen LogP contribution in [0.25, 0.3) is 0 Å². The molecule has 0 aromatic carbocycles. The number of nitrogens with one attached hydrogen (secondary N) is 1. The minimum Gasteiger partial charge on any atom is -0.352 e. The zero-order valence-corrected chi connectivity index (χ0v) is 8.94. The predicted octanol–water partition coefficient (Wildman–Crippen LogP) is 0.786. The molecular formula is C11H17N3O. The van der Waals surface area contributed by atoms with Gasteiger partial charge in [-0.15, -0.1) is 0 Å². The first kappa shape index (κ1) is 10.2. The first-order valence-corrected chi connectivity index (χ1v) is 5.36. The lowest BCUT2D eigenvalue weighted by molar-refractivity contribution is -0.121. The molecule has 1 heterocycles. The van der Waals surface area contributed by atoms with Gasteiger partial charge in [0.05, 0.1) is 0 Å². The Hall–Kier alpha value is -1.29. The second kappa shape index (κ2) is 4.06. The lowest BCUT2D eigenvalue weighted by Crippen LogP contribution is -2.28. The van der Waals surface area contributed by atoms with Gasteiger partial charge in [0.1, 0.15) is 6.54 Å². The fourth-order valence-corrected chi connectivity index (χ4v) is 1.49. The fourth-order valence-electron chi connectivity index (χ4n) is 1.49. The van der Waals surface area contributed by atoms with Crippen molar-refractivity contribution in [2.45, 2.75) is 38.4 Å². The Bertz CT molecular complexity index is 352. The monoisotopic (exact) mass is 207 g/mol. The summed E-state index contributed by atoms with van der Waals surface area (Å²) < 4.78 is 1.87. The lowest BCUT2D eigenvalue weighted by Gasteiger charge is -2.04. The molecule has 0 saturated heterocycles. The standard InChI is InChI=1S/C11H17N3O/c1-8(12)9-4-5-14(6-9)7-11(15)13-10-2-3-10/h4-6,8,10H,2-3,7,12H2,1H3,(H,13,15). The molecule has 82 valence electrons. The van der Waals surface area contributed by atoms with Gasteiger partial charge in [0.15, 0.2) is 0 Å². The number of nitrogens with two attached hydrogens (primary N) is 1. The van der Waals surface area contributed by atoms with Gasteiger partial charge in [-0.2, -0.15) is 0 Å². The maximum atomic E-state index is 11.5. The highest BCUT2D eigenvalue weighted by Crippen LogP contribution is 2.18. The maximum absolute atomic E-state index is 11.5. The van der Waals surface area contributed by atoms with Crippen LogP contribution in [-0.2, 0) is 11.3 Å². The minimum atomic E-state index is 0.0257. The van der Waals surface area contributed by atoms with Crippen LogP contribution in [0.1, 0.15) is 31.4 Å². The molecule has 4 nitrogen and oxygen atoms in total. The van der Waals surface area contributed by atoms with E-state index in [0.717, 1.165) is 18.4 Å². The van der Waals surface area contributed by atoms with E-state index in [0.29, 0.717) is 12.6 Å². The predicted molar refractivity (Wildman–Crippen MR) is 58.2 cm³/mol. The summed E-state index contributed by atoms with van der Waals surface area (Å²) in [6, 6.07) is 2.41. The Kier molecular flexibility index (Phi) is 2.77. The van der Waals surface area contributed by atoms with Crippen LogP contribution in [0, 0.1) is 0 Å². The van der Waals surface area contributed by atoms with E-state index in [1.54, 1.807) is 0 Å². The van der Waals surface area contributed by atoms with E-state index in [2.05, 4.69) is 5.32 Å². The molecule has 1 atom stereocenters. The van der Waals surface area contributed by atoms with E-state index >= 15 is 0 Å². The minimum absolute atomic E-state index is 0.0257. The second-order valence-corrected chi connectivity index (χ2v) is 4.25. The Morgan fingerprint density at radius 3 is 3.00 bits per heavy atom. The summed E-state index contributed by atoms with van der Waals surface area (Å²) in [5, 5.41) is 2.95. The zero-order valence-electron chi connectivity index (χ0n) is 8.94. The number of carbonyl (C=O) groups is 1. The first-order chi connectivity index (χ1) is 7.15. The summed E-state index contributed by atoms with van der Waals surface area (Å²) in [6.45, 7) is 2.33. The highest BCUT2D eigenvalue weighted by atomic mass is 16.2. The van der Waals surface area contributed by atoms with Crippen molar-refractivity contribution in [2.24, 2.45) is 5.73 Å². The number of hydrogen-bond acceptors (Lipinski definition) is 2. The zero-order chi connectivity index (χ0) is 10.8. The van der Waals surface area contributed by atoms with E-state index in [1.807, 2.05) is 30.0 Å². The van der Waals surface area contributed by atoms with Crippen LogP contribution in [0.3, 0.4) is 0 Å². The third kappa shape index (κ3) is 2.83. The fraction of sp³-hybridized carbons (Fsp3) is 0.545. The van der Waals surface area contributed by atoms with Gasteiger partial charge < -0.3 is 15.6 Å². The summed E-state index contributed by atoms with van der Waals surface area (Å²) in [5.74, 6) is 0.0873. The van der Waals surface area contributed by atoms with E-state index < -0.39 is 0 Å². The molecule has 1 aromatic heterocycles. The molecule has 0 spiro atoms. The van der Waals surface area contributed by atoms with Crippen molar-refractivity contribution in [3.05, 3.63) is 24.0 Å². The van der Waals surface area contributed by atoms with Gasteiger partial charge in [-0.1, -0.05) is 0 Å². The van der Waals surface area contributed by atoms with Gasteiger partial charge in [0.2, 0.25) is 5.91 Å². The normalized spacial score (nSPS) is 17.5. The van der Waals surface area contributed by atoms with Crippen LogP contribution < -0.4 is 11.1 Å². The van der Waals surface area contributed by atoms with E-state index in [-0.39, 0.29) is 11.9 Å². The first-order valence-electron chi connectivity index (χ1n) is 5.36. The second-order valence-electron chi connectivity index (χ2n) is 4.25. The molecule has 4 heteroatoms. The van der Waals surface area contributed by atoms with Gasteiger partial charge in [-0.05, 0) is 31.4 Å². The molecule has 0 aliphatic heterocycles. The highest BCUT2D eigenvalue weighted by molar-refractivity contribution is 5.76. The molecule has 3 N–H and O–H groups in total. The number of amides is 1. The topological polar surface area (TPSA) is 60.0 Å². The Morgan fingerprint density at radius 1 is 1.73 bits per heavy atom. The molecule has 2 rings (SSSR count). The van der Waals surface area contributed by atoms with Crippen molar-refractivity contribution in [3.63, 3.8) is 0 Å². The summed E-state index contributed by atoms with van der Waals surface area (Å²) in [6.07, 6.45) is 6.08. The van der Waals surface area contributed by atoms with Crippen LogP contribution in [0.2, 0.25) is 0 Å². The summed E-state index contributed by atoms with van der Waals surface area (Å²) in [4.78, 5) is 11.5. The average molecular weight is 207 g/mol. The van der Waals surface area contributed by atoms with Gasteiger partial charge in [-0.25, -0.2) is 0 Å². The van der Waals surface area contributed by atoms with Crippen molar-refractivity contribution < 1.29 is 4.79 Å². The van der Waals surface area contributed by atoms with E-state index in [9.17, 15) is 4.79 Å². The van der Waals surface area contributed by atoms with Crippen molar-refractivity contribution in [2.75, 3.05) is 0 Å². The van der Waals surface area contributed by atoms with Gasteiger partial charge in [0.25, 0.3) is 0 Å². The van der Waals surface area contributed by atoms with Crippen molar-refractivity contribution in [3.8, 4) is 0 Å². The number of aromatic nitrogens is 1. The van der Waals surface area contributed by atoms with Crippen LogP contribution in [0.15, 0.2) is 18.5 Å². The van der Waals surface area contributed by atoms with Crippen molar-refractivity contribution in [1.29, 1.82) is 0 Å². The molecular weight excluding hydrogens is 190 g/mol. The number of rotatable bonds is 4. The molecule has 0 bridgehead atoms. The molecule has 1 saturated carbocycles. The van der Waals surface area contributed by atoms with Crippen LogP contribution in [-0.4, -0.2) is 16.5 Å². The van der Waals surface area contributed by atoms with Crippen LogP contribution in [0.5, 0.6) is 0 Å². The smallest absolute Gasteiger partial charge is 0.240 e. The van der Waals surface area contributed by atoms with Crippen molar-refractivity contribution in [1.82, 2.24) is 9.88 Å². The lowest BCUT2D eigenvalue weighted by atomic mass is 10.2. The molecule has 1 aliphatic carbocycles. The SMILES string of the molecule is CC(N)c1ccn(CC(=O)NC2CC2)c1. The summed E-state index contributed by atoms with van der Waals surface area (Å²) in [5.41, 5.74) is 6.80. The number of carbonyl (C=O) groups excluding carboxylic acids is 1. The number of nitrogens with zero attached hydrogens (tertiary/aromatic N) is 1. The quantitative estimate of drug-likeness (QED) is 0.766. The molecule has 0 radical (unpaired) electrons. The molecule has 1 amide bonds. The molecule has 1 aliphatic rings. The Labute approximate surface area is 89.5 Å². The third-order valence-corrected chi connectivity index (χ3v) is 2.57. The molecule has 1 fully saturated rings. The van der Waals surface area contributed by atoms with Gasteiger partial charge in [0, 0.05) is 24.5 Å². The van der Waals surface area contributed by atoms with Gasteiger partial charge in [-0.3, -0.25) is 4.79 Å².